The van der Waals surface area contributed by atoms with Crippen molar-refractivity contribution < 1.29 is 13.2 Å². The average molecular weight is 572 g/mol. The second kappa shape index (κ2) is 9.79. The summed E-state index contributed by atoms with van der Waals surface area (Å²) in [6.45, 7) is 4.51. The highest BCUT2D eigenvalue weighted by molar-refractivity contribution is 9.10. The van der Waals surface area contributed by atoms with Crippen LogP contribution in [-0.2, 0) is 14.8 Å². The Balaban J connectivity index is 1.52. The van der Waals surface area contributed by atoms with Crippen molar-refractivity contribution in [1.82, 2.24) is 19.9 Å². The molecular weight excluding hydrogens is 550 g/mol. The molecule has 0 aliphatic carbocycles. The molecule has 0 amide bonds. The number of aromatic amines is 1. The van der Waals surface area contributed by atoms with Gasteiger partial charge in [-0.2, -0.15) is 28.9 Å². The molecule has 0 spiro atoms. The zero-order valence-corrected chi connectivity index (χ0v) is 21.5. The van der Waals surface area contributed by atoms with Crippen molar-refractivity contribution in [2.45, 2.75) is 11.8 Å². The van der Waals surface area contributed by atoms with E-state index in [1.165, 1.54) is 12.1 Å². The van der Waals surface area contributed by atoms with Crippen molar-refractivity contribution in [1.29, 1.82) is 5.53 Å². The first-order valence-corrected chi connectivity index (χ1v) is 13.2. The Bertz CT molecular complexity index is 1550. The van der Waals surface area contributed by atoms with Gasteiger partial charge in [-0.25, -0.2) is 0 Å². The lowest BCUT2D eigenvalue weighted by Gasteiger charge is -2.28. The topological polar surface area (TPSA) is 161 Å². The Labute approximate surface area is 215 Å². The van der Waals surface area contributed by atoms with Gasteiger partial charge in [0, 0.05) is 23.2 Å². The number of fused-ring (bicyclic) bond motifs is 1. The Hall–Kier alpha value is -3.62. The molecule has 3 heterocycles. The summed E-state index contributed by atoms with van der Waals surface area (Å²) in [6.07, 6.45) is 0. The van der Waals surface area contributed by atoms with Gasteiger partial charge in [-0.05, 0) is 58.7 Å². The molecule has 0 saturated carbocycles. The van der Waals surface area contributed by atoms with Crippen molar-refractivity contribution >= 4 is 66.2 Å². The number of benzene rings is 2. The highest BCUT2D eigenvalue weighted by atomic mass is 79.9. The largest absolute Gasteiger partial charge is 0.378 e. The van der Waals surface area contributed by atoms with E-state index in [9.17, 15) is 8.42 Å². The fourth-order valence-electron chi connectivity index (χ4n) is 3.79. The first-order valence-electron chi connectivity index (χ1n) is 11.0. The smallest absolute Gasteiger partial charge is 0.299 e. The number of aryl methyl sites for hydroxylation is 1. The molecule has 0 bridgehead atoms. The highest BCUT2D eigenvalue weighted by Gasteiger charge is 2.21. The predicted molar refractivity (Wildman–Crippen MR) is 139 cm³/mol. The molecule has 1 aliphatic heterocycles. The molecule has 2 aromatic carbocycles. The number of ether oxygens (including phenoxy) is 1. The van der Waals surface area contributed by atoms with Crippen molar-refractivity contribution in [3.63, 3.8) is 0 Å². The standard InChI is InChI=1S/C22H22BrN9O3S/c1-13-3-2-4-14(11-13)25-21-27-18-19(28-21)29-22(30-20(18)32-7-9-35-10-8-32)26-17-6-5-15(12-16(17)23)36(33,34)31-24/h2-6,11-12,24H,7-10H2,1H3,(H3,25,26,27,28,29,30). The van der Waals surface area contributed by atoms with Gasteiger partial charge >= 0.3 is 0 Å². The third-order valence-corrected chi connectivity index (χ3v) is 7.27. The quantitative estimate of drug-likeness (QED) is 0.234. The lowest BCUT2D eigenvalue weighted by Crippen LogP contribution is -2.37. The summed E-state index contributed by atoms with van der Waals surface area (Å²) in [7, 11) is -4.02. The fraction of sp³-hybridized carbons (Fsp3) is 0.227. The summed E-state index contributed by atoms with van der Waals surface area (Å²) in [5, 5.41) is 6.42. The molecule has 1 saturated heterocycles. The molecule has 4 aromatic rings. The highest BCUT2D eigenvalue weighted by Crippen LogP contribution is 2.31. The molecular formula is C22H22BrN9O3S. The van der Waals surface area contributed by atoms with Gasteiger partial charge in [-0.1, -0.05) is 16.7 Å². The summed E-state index contributed by atoms with van der Waals surface area (Å²) >= 11 is 3.37. The monoisotopic (exact) mass is 571 g/mol. The number of aromatic nitrogens is 4. The number of hydrogen-bond acceptors (Lipinski definition) is 10. The molecule has 36 heavy (non-hydrogen) atoms. The van der Waals surface area contributed by atoms with E-state index in [1.807, 2.05) is 31.2 Å². The zero-order chi connectivity index (χ0) is 25.3. The van der Waals surface area contributed by atoms with Gasteiger partial charge in [0.1, 0.15) is 5.52 Å². The van der Waals surface area contributed by atoms with E-state index in [0.717, 1.165) is 11.3 Å². The lowest BCUT2D eigenvalue weighted by molar-refractivity contribution is 0.122. The second-order valence-electron chi connectivity index (χ2n) is 8.08. The number of hydrogen-bond donors (Lipinski definition) is 4. The molecule has 2 aromatic heterocycles. The van der Waals surface area contributed by atoms with Gasteiger partial charge in [0.25, 0.3) is 10.0 Å². The normalized spacial score (nSPS) is 14.1. The van der Waals surface area contributed by atoms with E-state index in [1.54, 1.807) is 6.07 Å². The van der Waals surface area contributed by atoms with Crippen LogP contribution in [0.1, 0.15) is 5.56 Å². The molecule has 1 fully saturated rings. The summed E-state index contributed by atoms with van der Waals surface area (Å²) in [5.41, 5.74) is 10.6. The van der Waals surface area contributed by atoms with E-state index in [4.69, 9.17) is 15.3 Å². The summed E-state index contributed by atoms with van der Waals surface area (Å²) in [6, 6.07) is 12.2. The maximum absolute atomic E-state index is 11.9. The number of nitrogens with one attached hydrogen (secondary N) is 4. The molecule has 4 N–H and O–H groups in total. The number of morpholine rings is 1. The van der Waals surface area contributed by atoms with Gasteiger partial charge in [-0.15, -0.1) is 0 Å². The molecule has 12 nitrogen and oxygen atoms in total. The van der Waals surface area contributed by atoms with Crippen LogP contribution >= 0.6 is 15.9 Å². The van der Waals surface area contributed by atoms with Gasteiger partial charge in [0.2, 0.25) is 11.9 Å². The SMILES string of the molecule is Cc1cccc(Nc2nc3nc(Nc4ccc(S(=O)(=O)N=N)cc4Br)nc(N4CCOCC4)c3[nH]2)c1. The van der Waals surface area contributed by atoms with Crippen LogP contribution in [0.25, 0.3) is 11.2 Å². The number of sulfonamides is 1. The van der Waals surface area contributed by atoms with Crippen LogP contribution in [0.4, 0.5) is 29.1 Å². The number of rotatable bonds is 7. The minimum absolute atomic E-state index is 0.0977. The maximum Gasteiger partial charge on any atom is 0.299 e. The van der Waals surface area contributed by atoms with Crippen LogP contribution in [0.15, 0.2) is 56.4 Å². The predicted octanol–water partition coefficient (Wildman–Crippen LogP) is 4.47. The van der Waals surface area contributed by atoms with Crippen molar-refractivity contribution in [3.05, 3.63) is 52.5 Å². The summed E-state index contributed by atoms with van der Waals surface area (Å²) < 4.78 is 32.4. The van der Waals surface area contributed by atoms with Crippen LogP contribution in [-0.4, -0.2) is 54.7 Å². The molecule has 0 unspecified atom stereocenters. The zero-order valence-electron chi connectivity index (χ0n) is 19.1. The van der Waals surface area contributed by atoms with Gasteiger partial charge < -0.3 is 25.3 Å². The van der Waals surface area contributed by atoms with Crippen LogP contribution < -0.4 is 15.5 Å². The van der Waals surface area contributed by atoms with E-state index < -0.39 is 10.0 Å². The van der Waals surface area contributed by atoms with E-state index in [-0.39, 0.29) is 4.90 Å². The van der Waals surface area contributed by atoms with Gasteiger partial charge in [0.15, 0.2) is 11.5 Å². The molecule has 0 atom stereocenters. The molecule has 1 aliphatic rings. The van der Waals surface area contributed by atoms with Crippen molar-refractivity contribution in [3.8, 4) is 0 Å². The van der Waals surface area contributed by atoms with Crippen LogP contribution in [0.2, 0.25) is 0 Å². The second-order valence-corrected chi connectivity index (χ2v) is 10.5. The molecule has 5 rings (SSSR count). The maximum atomic E-state index is 11.9. The number of halogens is 1. The minimum Gasteiger partial charge on any atom is -0.378 e. The summed E-state index contributed by atoms with van der Waals surface area (Å²) in [5.74, 6) is 1.50. The van der Waals surface area contributed by atoms with Gasteiger partial charge in [0.05, 0.1) is 23.8 Å². The van der Waals surface area contributed by atoms with E-state index >= 15 is 0 Å². The minimum atomic E-state index is -4.02. The van der Waals surface area contributed by atoms with Crippen molar-refractivity contribution in [2.75, 3.05) is 41.8 Å². The van der Waals surface area contributed by atoms with Crippen LogP contribution in [0.5, 0.6) is 0 Å². The Morgan fingerprint density at radius 1 is 1.11 bits per heavy atom. The van der Waals surface area contributed by atoms with Crippen LogP contribution in [0.3, 0.4) is 0 Å². The van der Waals surface area contributed by atoms with Crippen LogP contribution in [0, 0.1) is 12.5 Å². The Morgan fingerprint density at radius 2 is 1.92 bits per heavy atom. The number of H-pyrrole nitrogens is 1. The molecule has 0 radical (unpaired) electrons. The third-order valence-electron chi connectivity index (χ3n) is 5.53. The van der Waals surface area contributed by atoms with Crippen molar-refractivity contribution in [2.24, 2.45) is 4.52 Å². The number of imidazole rings is 1. The lowest BCUT2D eigenvalue weighted by atomic mass is 10.2. The number of anilines is 5. The first kappa shape index (κ1) is 24.1. The Kier molecular flexibility index (Phi) is 6.55. The fourth-order valence-corrected chi connectivity index (χ4v) is 5.03. The van der Waals surface area contributed by atoms with Gasteiger partial charge in [-0.3, -0.25) is 0 Å². The first-order chi connectivity index (χ1) is 17.3. The van der Waals surface area contributed by atoms with E-state index in [0.29, 0.717) is 65.3 Å². The third kappa shape index (κ3) is 5.01. The molecule has 14 heteroatoms. The summed E-state index contributed by atoms with van der Waals surface area (Å²) in [4.78, 5) is 19.3. The van der Waals surface area contributed by atoms with E-state index in [2.05, 4.69) is 50.9 Å². The molecule has 186 valence electrons. The Morgan fingerprint density at radius 3 is 2.64 bits per heavy atom. The number of nitrogens with zero attached hydrogens (tertiary/aromatic N) is 5. The average Bonchev–Trinajstić information content (AvgIpc) is 3.27.